The highest BCUT2D eigenvalue weighted by atomic mass is 19.3. The molecule has 1 atom stereocenters. The summed E-state index contributed by atoms with van der Waals surface area (Å²) in [6.07, 6.45) is -0.910. The topological polar surface area (TPSA) is 29.9 Å². The van der Waals surface area contributed by atoms with Gasteiger partial charge in [-0.25, -0.2) is 8.78 Å². The molecule has 0 fully saturated rings. The van der Waals surface area contributed by atoms with Crippen molar-refractivity contribution in [1.29, 1.82) is 0 Å². The first-order chi connectivity index (χ1) is 6.57. The van der Waals surface area contributed by atoms with Crippen LogP contribution in [0, 0.1) is 6.92 Å². The predicted molar refractivity (Wildman–Crippen MR) is 50.4 cm³/mol. The van der Waals surface area contributed by atoms with Crippen molar-refractivity contribution in [2.24, 2.45) is 7.05 Å². The van der Waals surface area contributed by atoms with E-state index in [0.29, 0.717) is 12.1 Å². The zero-order chi connectivity index (χ0) is 10.7. The maximum Gasteiger partial charge on any atom is 0.257 e. The summed E-state index contributed by atoms with van der Waals surface area (Å²) in [6.45, 7) is 4.11. The number of rotatable bonds is 4. The number of hydrogen-bond acceptors (Lipinski definition) is 2. The second-order valence-corrected chi connectivity index (χ2v) is 3.18. The van der Waals surface area contributed by atoms with E-state index in [1.807, 2.05) is 0 Å². The van der Waals surface area contributed by atoms with Gasteiger partial charge in [0.2, 0.25) is 0 Å². The van der Waals surface area contributed by atoms with Crippen molar-refractivity contribution in [3.63, 3.8) is 0 Å². The molecule has 0 bridgehead atoms. The smallest absolute Gasteiger partial charge is 0.257 e. The minimum Gasteiger partial charge on any atom is -0.305 e. The van der Waals surface area contributed by atoms with Gasteiger partial charge in [0.05, 0.1) is 12.2 Å². The second-order valence-electron chi connectivity index (χ2n) is 3.18. The molecule has 1 aromatic heterocycles. The number of nitrogens with one attached hydrogen (secondary N) is 1. The van der Waals surface area contributed by atoms with Gasteiger partial charge < -0.3 is 5.32 Å². The third-order valence-electron chi connectivity index (χ3n) is 2.28. The van der Waals surface area contributed by atoms with E-state index < -0.39 is 12.5 Å². The maximum atomic E-state index is 12.7. The third kappa shape index (κ3) is 2.09. The predicted octanol–water partition coefficient (Wildman–Crippen LogP) is 1.64. The van der Waals surface area contributed by atoms with Gasteiger partial charge >= 0.3 is 0 Å². The van der Waals surface area contributed by atoms with E-state index in [1.54, 1.807) is 25.6 Å². The SMILES string of the molecule is CCNC(c1cnn(C)c1C)C(F)F. The Hall–Kier alpha value is -0.970. The molecule has 0 amide bonds. The molecule has 0 radical (unpaired) electrons. The van der Waals surface area contributed by atoms with Crippen molar-refractivity contribution in [2.75, 3.05) is 6.54 Å². The Morgan fingerprint density at radius 2 is 2.21 bits per heavy atom. The number of alkyl halides is 2. The van der Waals surface area contributed by atoms with Crippen LogP contribution in [-0.4, -0.2) is 22.8 Å². The number of nitrogens with zero attached hydrogens (tertiary/aromatic N) is 2. The standard InChI is InChI=1S/C9H15F2N3/c1-4-12-8(9(10)11)7-5-13-14(3)6(7)2/h5,8-9,12H,4H2,1-3H3. The summed E-state index contributed by atoms with van der Waals surface area (Å²) in [5.74, 6) is 0. The van der Waals surface area contributed by atoms with Crippen LogP contribution in [0.3, 0.4) is 0 Å². The van der Waals surface area contributed by atoms with Crippen LogP contribution in [0.5, 0.6) is 0 Å². The van der Waals surface area contributed by atoms with Gasteiger partial charge in [0.15, 0.2) is 0 Å². The van der Waals surface area contributed by atoms with E-state index in [1.165, 1.54) is 6.20 Å². The number of aromatic nitrogens is 2. The molecule has 0 saturated carbocycles. The monoisotopic (exact) mass is 203 g/mol. The lowest BCUT2D eigenvalue weighted by atomic mass is 10.1. The fraction of sp³-hybridized carbons (Fsp3) is 0.667. The van der Waals surface area contributed by atoms with Crippen molar-refractivity contribution in [2.45, 2.75) is 26.3 Å². The number of halogens is 2. The lowest BCUT2D eigenvalue weighted by Gasteiger charge is -2.16. The molecule has 0 aliphatic rings. The third-order valence-corrected chi connectivity index (χ3v) is 2.28. The van der Waals surface area contributed by atoms with E-state index in [-0.39, 0.29) is 0 Å². The molecule has 0 spiro atoms. The van der Waals surface area contributed by atoms with Crippen molar-refractivity contribution in [1.82, 2.24) is 15.1 Å². The minimum atomic E-state index is -2.40. The molecular formula is C9H15F2N3. The zero-order valence-corrected chi connectivity index (χ0v) is 8.59. The van der Waals surface area contributed by atoms with Crippen molar-refractivity contribution >= 4 is 0 Å². The first-order valence-corrected chi connectivity index (χ1v) is 4.58. The minimum absolute atomic E-state index is 0.517. The summed E-state index contributed by atoms with van der Waals surface area (Å²) in [6, 6.07) is -0.909. The first-order valence-electron chi connectivity index (χ1n) is 4.58. The average Bonchev–Trinajstić information content (AvgIpc) is 2.44. The Morgan fingerprint density at radius 3 is 2.57 bits per heavy atom. The van der Waals surface area contributed by atoms with Crippen molar-refractivity contribution in [3.05, 3.63) is 17.5 Å². The second kappa shape index (κ2) is 4.50. The molecule has 0 aliphatic heterocycles. The van der Waals surface area contributed by atoms with Crippen molar-refractivity contribution < 1.29 is 8.78 Å². The van der Waals surface area contributed by atoms with Crippen LogP contribution < -0.4 is 5.32 Å². The van der Waals surface area contributed by atoms with Crippen LogP contribution in [0.25, 0.3) is 0 Å². The van der Waals surface area contributed by atoms with Gasteiger partial charge in [-0.2, -0.15) is 5.10 Å². The Labute approximate surface area is 82.1 Å². The van der Waals surface area contributed by atoms with Gasteiger partial charge in [0.1, 0.15) is 0 Å². The quantitative estimate of drug-likeness (QED) is 0.806. The van der Waals surface area contributed by atoms with Crippen LogP contribution in [0.15, 0.2) is 6.20 Å². The molecule has 0 aliphatic carbocycles. The highest BCUT2D eigenvalue weighted by Crippen LogP contribution is 2.22. The van der Waals surface area contributed by atoms with Crippen LogP contribution in [0.2, 0.25) is 0 Å². The molecule has 1 aromatic rings. The highest BCUT2D eigenvalue weighted by Gasteiger charge is 2.24. The average molecular weight is 203 g/mol. The van der Waals surface area contributed by atoms with E-state index in [9.17, 15) is 8.78 Å². The molecule has 80 valence electrons. The molecular weight excluding hydrogens is 188 g/mol. The highest BCUT2D eigenvalue weighted by molar-refractivity contribution is 5.21. The Morgan fingerprint density at radius 1 is 1.57 bits per heavy atom. The molecule has 3 nitrogen and oxygen atoms in total. The Kier molecular flexibility index (Phi) is 3.57. The summed E-state index contributed by atoms with van der Waals surface area (Å²) in [5.41, 5.74) is 1.35. The summed E-state index contributed by atoms with van der Waals surface area (Å²) in [5, 5.41) is 6.69. The Bertz CT molecular complexity index is 296. The largest absolute Gasteiger partial charge is 0.305 e. The number of aryl methyl sites for hydroxylation is 1. The fourth-order valence-corrected chi connectivity index (χ4v) is 1.38. The molecule has 0 saturated heterocycles. The molecule has 5 heteroatoms. The summed E-state index contributed by atoms with van der Waals surface area (Å²) in [4.78, 5) is 0. The zero-order valence-electron chi connectivity index (χ0n) is 8.59. The van der Waals surface area contributed by atoms with E-state index in [2.05, 4.69) is 10.4 Å². The lowest BCUT2D eigenvalue weighted by Crippen LogP contribution is -2.27. The van der Waals surface area contributed by atoms with Gasteiger partial charge in [-0.3, -0.25) is 4.68 Å². The number of hydrogen-bond donors (Lipinski definition) is 1. The lowest BCUT2D eigenvalue weighted by molar-refractivity contribution is 0.0989. The van der Waals surface area contributed by atoms with Gasteiger partial charge in [0, 0.05) is 18.3 Å². The van der Waals surface area contributed by atoms with Crippen LogP contribution in [0.4, 0.5) is 8.78 Å². The molecule has 1 N–H and O–H groups in total. The van der Waals surface area contributed by atoms with E-state index >= 15 is 0 Å². The van der Waals surface area contributed by atoms with Gasteiger partial charge in [-0.1, -0.05) is 6.92 Å². The molecule has 1 rings (SSSR count). The molecule has 1 heterocycles. The molecule has 1 unspecified atom stereocenters. The molecule has 14 heavy (non-hydrogen) atoms. The summed E-state index contributed by atoms with van der Waals surface area (Å²) < 4.78 is 26.9. The summed E-state index contributed by atoms with van der Waals surface area (Å²) >= 11 is 0. The van der Waals surface area contributed by atoms with Gasteiger partial charge in [-0.15, -0.1) is 0 Å². The normalized spacial score (nSPS) is 13.6. The van der Waals surface area contributed by atoms with Crippen LogP contribution in [0.1, 0.15) is 24.2 Å². The maximum absolute atomic E-state index is 12.7. The molecule has 0 aromatic carbocycles. The van der Waals surface area contributed by atoms with Crippen LogP contribution in [-0.2, 0) is 7.05 Å². The van der Waals surface area contributed by atoms with Gasteiger partial charge in [0.25, 0.3) is 6.43 Å². The van der Waals surface area contributed by atoms with Crippen molar-refractivity contribution in [3.8, 4) is 0 Å². The fourth-order valence-electron chi connectivity index (χ4n) is 1.38. The van der Waals surface area contributed by atoms with Crippen LogP contribution >= 0.6 is 0 Å². The van der Waals surface area contributed by atoms with E-state index in [4.69, 9.17) is 0 Å². The van der Waals surface area contributed by atoms with E-state index in [0.717, 1.165) is 5.69 Å². The Balaban J connectivity index is 2.93. The first kappa shape index (κ1) is 11.1. The van der Waals surface area contributed by atoms with Gasteiger partial charge in [-0.05, 0) is 13.5 Å². The summed E-state index contributed by atoms with van der Waals surface area (Å²) in [7, 11) is 1.74.